The van der Waals surface area contributed by atoms with Crippen molar-refractivity contribution < 1.29 is 10.5 Å². The summed E-state index contributed by atoms with van der Waals surface area (Å²) in [5.74, 6) is 0.588. The molecule has 1 aliphatic carbocycles. The van der Waals surface area contributed by atoms with Crippen molar-refractivity contribution in [3.05, 3.63) is 0 Å². The number of hydrogen-bond acceptors (Lipinski definition) is 1. The zero-order chi connectivity index (χ0) is 8.10. The van der Waals surface area contributed by atoms with Crippen LogP contribution in [-0.2, 0) is 4.79 Å². The highest BCUT2D eigenvalue weighted by molar-refractivity contribution is 5.79. The van der Waals surface area contributed by atoms with E-state index in [4.69, 9.17) is 0 Å². The summed E-state index contributed by atoms with van der Waals surface area (Å²) < 4.78 is 0. The van der Waals surface area contributed by atoms with Gasteiger partial charge in [-0.3, -0.25) is 4.79 Å². The molecule has 0 bridgehead atoms. The van der Waals surface area contributed by atoms with Gasteiger partial charge in [-0.15, -0.1) is 0 Å². The van der Waals surface area contributed by atoms with Gasteiger partial charge in [0, 0.05) is 18.9 Å². The van der Waals surface area contributed by atoms with Crippen LogP contribution in [0.5, 0.6) is 0 Å². The Morgan fingerprint density at radius 1 is 1.55 bits per heavy atom. The first-order valence-electron chi connectivity index (χ1n) is 4.41. The summed E-state index contributed by atoms with van der Waals surface area (Å²) in [6.45, 7) is 1.71. The van der Waals surface area contributed by atoms with Crippen molar-refractivity contribution >= 4 is 5.91 Å². The van der Waals surface area contributed by atoms with Gasteiger partial charge in [0.2, 0.25) is 5.91 Å². The molecule has 3 nitrogen and oxygen atoms in total. The van der Waals surface area contributed by atoms with Gasteiger partial charge < -0.3 is 11.1 Å². The average Bonchev–Trinajstić information content (AvgIpc) is 1.84. The number of amides is 1. The molecule has 0 aromatic rings. The molecule has 11 heavy (non-hydrogen) atoms. The molecule has 0 heterocycles. The third-order valence-corrected chi connectivity index (χ3v) is 2.20. The molecule has 0 saturated heterocycles. The summed E-state index contributed by atoms with van der Waals surface area (Å²) in [6, 6.07) is 0. The summed E-state index contributed by atoms with van der Waals surface area (Å²) in [4.78, 5) is 11.2. The molecule has 0 atom stereocenters. The first kappa shape index (κ1) is 8.53. The molecule has 0 aromatic heterocycles. The van der Waals surface area contributed by atoms with Gasteiger partial charge in [0.05, 0.1) is 6.54 Å². The first-order valence-corrected chi connectivity index (χ1v) is 4.41. The largest absolute Gasteiger partial charge is 0.358 e. The summed E-state index contributed by atoms with van der Waals surface area (Å²) in [6.07, 6.45) is 4.41. The zero-order valence-corrected chi connectivity index (χ0v) is 6.94. The topological polar surface area (TPSA) is 56.7 Å². The van der Waals surface area contributed by atoms with Crippen LogP contribution >= 0.6 is 0 Å². The molecular formula is C8H17N2O+. The van der Waals surface area contributed by atoms with E-state index in [2.05, 4.69) is 11.1 Å². The molecule has 1 amide bonds. The fourth-order valence-electron chi connectivity index (χ4n) is 1.15. The summed E-state index contributed by atoms with van der Waals surface area (Å²) in [7, 11) is 0. The minimum Gasteiger partial charge on any atom is -0.358 e. The molecule has 0 unspecified atom stereocenters. The lowest BCUT2D eigenvalue weighted by molar-refractivity contribution is -0.367. The van der Waals surface area contributed by atoms with Gasteiger partial charge in [-0.05, 0) is 12.8 Å². The molecule has 0 aliphatic heterocycles. The van der Waals surface area contributed by atoms with Gasteiger partial charge in [-0.25, -0.2) is 0 Å². The van der Waals surface area contributed by atoms with E-state index >= 15 is 0 Å². The van der Waals surface area contributed by atoms with Crippen molar-refractivity contribution in [2.75, 3.05) is 13.1 Å². The second-order valence-corrected chi connectivity index (χ2v) is 3.13. The number of carbonyl (C=O) groups excluding carboxylic acids is 1. The summed E-state index contributed by atoms with van der Waals surface area (Å²) >= 11 is 0. The van der Waals surface area contributed by atoms with E-state index in [0.29, 0.717) is 5.92 Å². The van der Waals surface area contributed by atoms with Crippen molar-refractivity contribution in [1.29, 1.82) is 0 Å². The van der Waals surface area contributed by atoms with Gasteiger partial charge in [-0.1, -0.05) is 6.42 Å². The van der Waals surface area contributed by atoms with Gasteiger partial charge in [0.15, 0.2) is 0 Å². The lowest BCUT2D eigenvalue weighted by atomic mass is 9.85. The Morgan fingerprint density at radius 2 is 2.27 bits per heavy atom. The lowest BCUT2D eigenvalue weighted by Crippen LogP contribution is -2.51. The van der Waals surface area contributed by atoms with Crippen LogP contribution < -0.4 is 11.1 Å². The monoisotopic (exact) mass is 157 g/mol. The van der Waals surface area contributed by atoms with E-state index in [1.54, 1.807) is 0 Å². The molecule has 0 spiro atoms. The van der Waals surface area contributed by atoms with Gasteiger partial charge in [0.25, 0.3) is 0 Å². The number of hydrogen-bond donors (Lipinski definition) is 2. The van der Waals surface area contributed by atoms with Crippen molar-refractivity contribution in [3.63, 3.8) is 0 Å². The SMILES string of the molecule is [NH3+]CCCNC(=O)C1CCC1. The standard InChI is InChI=1S/C8H16N2O/c9-5-2-6-10-8(11)7-3-1-4-7/h7H,1-6,9H2,(H,10,11)/p+1. The Bertz CT molecular complexity index is 132. The summed E-state index contributed by atoms with van der Waals surface area (Å²) in [5.41, 5.74) is 3.71. The third-order valence-electron chi connectivity index (χ3n) is 2.20. The molecule has 0 radical (unpaired) electrons. The Hall–Kier alpha value is -0.570. The number of quaternary nitrogens is 1. The van der Waals surface area contributed by atoms with E-state index in [1.807, 2.05) is 0 Å². The maximum atomic E-state index is 11.2. The van der Waals surface area contributed by atoms with Crippen LogP contribution in [0.25, 0.3) is 0 Å². The van der Waals surface area contributed by atoms with E-state index in [-0.39, 0.29) is 5.91 Å². The highest BCUT2D eigenvalue weighted by Gasteiger charge is 2.24. The molecule has 0 aromatic carbocycles. The average molecular weight is 157 g/mol. The van der Waals surface area contributed by atoms with E-state index < -0.39 is 0 Å². The van der Waals surface area contributed by atoms with Crippen molar-refractivity contribution in [1.82, 2.24) is 5.32 Å². The molecule has 1 fully saturated rings. The Labute approximate surface area is 67.3 Å². The van der Waals surface area contributed by atoms with Crippen LogP contribution in [0.15, 0.2) is 0 Å². The minimum absolute atomic E-state index is 0.254. The van der Waals surface area contributed by atoms with Gasteiger partial charge >= 0.3 is 0 Å². The second-order valence-electron chi connectivity index (χ2n) is 3.13. The Balaban J connectivity index is 2.01. The maximum Gasteiger partial charge on any atom is 0.223 e. The van der Waals surface area contributed by atoms with Gasteiger partial charge in [0.1, 0.15) is 0 Å². The van der Waals surface area contributed by atoms with Crippen LogP contribution in [0, 0.1) is 5.92 Å². The predicted molar refractivity (Wildman–Crippen MR) is 42.7 cm³/mol. The van der Waals surface area contributed by atoms with Crippen molar-refractivity contribution in [3.8, 4) is 0 Å². The van der Waals surface area contributed by atoms with E-state index in [0.717, 1.165) is 32.4 Å². The maximum absolute atomic E-state index is 11.2. The molecule has 1 aliphatic rings. The van der Waals surface area contributed by atoms with Crippen LogP contribution in [-0.4, -0.2) is 19.0 Å². The molecular weight excluding hydrogens is 140 g/mol. The fraction of sp³-hybridized carbons (Fsp3) is 0.875. The molecule has 1 saturated carbocycles. The molecule has 1 rings (SSSR count). The Morgan fingerprint density at radius 3 is 2.73 bits per heavy atom. The molecule has 4 N–H and O–H groups in total. The highest BCUT2D eigenvalue weighted by atomic mass is 16.1. The van der Waals surface area contributed by atoms with Gasteiger partial charge in [-0.2, -0.15) is 0 Å². The minimum atomic E-state index is 0.254. The fourth-order valence-corrected chi connectivity index (χ4v) is 1.15. The third kappa shape index (κ3) is 2.50. The predicted octanol–water partition coefficient (Wildman–Crippen LogP) is -0.465. The molecule has 64 valence electrons. The number of carbonyl (C=O) groups is 1. The quantitative estimate of drug-likeness (QED) is 0.533. The van der Waals surface area contributed by atoms with Crippen LogP contribution in [0.4, 0.5) is 0 Å². The van der Waals surface area contributed by atoms with E-state index in [9.17, 15) is 4.79 Å². The van der Waals surface area contributed by atoms with E-state index in [1.165, 1.54) is 6.42 Å². The van der Waals surface area contributed by atoms with Crippen molar-refractivity contribution in [2.45, 2.75) is 25.7 Å². The normalized spacial score (nSPS) is 17.5. The summed E-state index contributed by atoms with van der Waals surface area (Å²) in [5, 5.41) is 2.91. The second kappa shape index (κ2) is 4.34. The number of rotatable bonds is 4. The number of nitrogens with one attached hydrogen (secondary N) is 1. The smallest absolute Gasteiger partial charge is 0.223 e. The van der Waals surface area contributed by atoms with Crippen molar-refractivity contribution in [2.24, 2.45) is 5.92 Å². The highest BCUT2D eigenvalue weighted by Crippen LogP contribution is 2.25. The first-order chi connectivity index (χ1) is 5.34. The molecule has 3 heteroatoms. The Kier molecular flexibility index (Phi) is 3.36. The van der Waals surface area contributed by atoms with Crippen LogP contribution in [0.2, 0.25) is 0 Å². The van der Waals surface area contributed by atoms with Crippen LogP contribution in [0.1, 0.15) is 25.7 Å². The van der Waals surface area contributed by atoms with Crippen LogP contribution in [0.3, 0.4) is 0 Å². The lowest BCUT2D eigenvalue weighted by Gasteiger charge is -2.23. The zero-order valence-electron chi connectivity index (χ0n) is 6.94.